The van der Waals surface area contributed by atoms with Crippen LogP contribution in [0, 0.1) is 0 Å². The van der Waals surface area contributed by atoms with E-state index in [-0.39, 0.29) is 5.41 Å². The summed E-state index contributed by atoms with van der Waals surface area (Å²) in [6.45, 7) is 3.45. The van der Waals surface area contributed by atoms with Crippen LogP contribution in [0.15, 0.2) is 24.3 Å². The molecule has 1 aromatic rings. The molecule has 1 atom stereocenters. The fourth-order valence-corrected chi connectivity index (χ4v) is 3.55. The van der Waals surface area contributed by atoms with Crippen molar-refractivity contribution in [3.05, 3.63) is 35.4 Å². The van der Waals surface area contributed by atoms with Gasteiger partial charge in [0.1, 0.15) is 0 Å². The average Bonchev–Trinajstić information content (AvgIpc) is 2.52. The van der Waals surface area contributed by atoms with Gasteiger partial charge >= 0.3 is 0 Å². The number of nitrogens with one attached hydrogen (secondary N) is 1. The zero-order chi connectivity index (χ0) is 15.0. The van der Waals surface area contributed by atoms with Gasteiger partial charge in [-0.15, -0.1) is 0 Å². The van der Waals surface area contributed by atoms with Crippen molar-refractivity contribution in [2.75, 3.05) is 40.5 Å². The highest BCUT2D eigenvalue weighted by molar-refractivity contribution is 5.37. The number of ether oxygens (including phenoxy) is 2. The highest BCUT2D eigenvalue weighted by atomic mass is 16.5. The van der Waals surface area contributed by atoms with Crippen LogP contribution in [0.25, 0.3) is 0 Å². The number of aryl methyl sites for hydroxylation is 1. The van der Waals surface area contributed by atoms with Gasteiger partial charge in [0.2, 0.25) is 0 Å². The summed E-state index contributed by atoms with van der Waals surface area (Å²) in [5.74, 6) is 0. The molecule has 21 heavy (non-hydrogen) atoms. The van der Waals surface area contributed by atoms with Crippen LogP contribution in [-0.4, -0.2) is 40.5 Å². The second kappa shape index (κ2) is 8.52. The largest absolute Gasteiger partial charge is 0.385 e. The third-order valence-electron chi connectivity index (χ3n) is 4.57. The highest BCUT2D eigenvalue weighted by Gasteiger charge is 2.35. The lowest BCUT2D eigenvalue weighted by atomic mass is 9.68. The molecule has 0 amide bonds. The van der Waals surface area contributed by atoms with Crippen molar-refractivity contribution in [1.82, 2.24) is 5.32 Å². The van der Waals surface area contributed by atoms with E-state index in [4.69, 9.17) is 9.47 Å². The van der Waals surface area contributed by atoms with E-state index in [1.165, 1.54) is 30.4 Å². The summed E-state index contributed by atoms with van der Waals surface area (Å²) in [6, 6.07) is 8.94. The molecular weight excluding hydrogens is 262 g/mol. The molecule has 3 nitrogen and oxygen atoms in total. The fraction of sp³-hybridized carbons (Fsp3) is 0.667. The third-order valence-corrected chi connectivity index (χ3v) is 4.57. The Labute approximate surface area is 129 Å². The van der Waals surface area contributed by atoms with Crippen LogP contribution in [0.3, 0.4) is 0 Å². The molecule has 0 saturated carbocycles. The van der Waals surface area contributed by atoms with Gasteiger partial charge in [-0.1, -0.05) is 24.3 Å². The molecule has 0 aliphatic heterocycles. The van der Waals surface area contributed by atoms with E-state index in [2.05, 4.69) is 36.6 Å². The van der Waals surface area contributed by atoms with Gasteiger partial charge in [0.05, 0.1) is 0 Å². The molecule has 0 spiro atoms. The van der Waals surface area contributed by atoms with E-state index in [1.54, 1.807) is 7.11 Å². The normalized spacial score (nSPS) is 21.2. The molecule has 0 heterocycles. The van der Waals surface area contributed by atoms with Crippen molar-refractivity contribution in [3.8, 4) is 0 Å². The molecule has 0 saturated heterocycles. The molecule has 1 unspecified atom stereocenters. The van der Waals surface area contributed by atoms with Crippen molar-refractivity contribution in [2.24, 2.45) is 0 Å². The maximum absolute atomic E-state index is 5.82. The van der Waals surface area contributed by atoms with Gasteiger partial charge in [-0.3, -0.25) is 0 Å². The van der Waals surface area contributed by atoms with E-state index in [1.807, 2.05) is 0 Å². The Morgan fingerprint density at radius 2 is 2.05 bits per heavy atom. The summed E-state index contributed by atoms with van der Waals surface area (Å²) < 4.78 is 10.9. The number of methoxy groups -OCH3 is 1. The number of benzene rings is 1. The van der Waals surface area contributed by atoms with E-state index < -0.39 is 0 Å². The molecule has 1 N–H and O–H groups in total. The van der Waals surface area contributed by atoms with E-state index >= 15 is 0 Å². The van der Waals surface area contributed by atoms with Gasteiger partial charge in [-0.05, 0) is 50.3 Å². The first-order valence-electron chi connectivity index (χ1n) is 8.12. The summed E-state index contributed by atoms with van der Waals surface area (Å²) in [7, 11) is 3.79. The average molecular weight is 291 g/mol. The molecule has 3 heteroatoms. The second-order valence-corrected chi connectivity index (χ2v) is 6.03. The van der Waals surface area contributed by atoms with Crippen molar-refractivity contribution in [2.45, 2.75) is 37.5 Å². The first kappa shape index (κ1) is 16.5. The summed E-state index contributed by atoms with van der Waals surface area (Å²) in [5, 5.41) is 3.40. The molecule has 0 radical (unpaired) electrons. The zero-order valence-corrected chi connectivity index (χ0v) is 13.5. The fourth-order valence-electron chi connectivity index (χ4n) is 3.55. The van der Waals surface area contributed by atoms with Gasteiger partial charge in [0.15, 0.2) is 0 Å². The SMILES string of the molecule is CNCC1(CCOCCCOC)CCCc2ccccc21. The Bertz CT molecular complexity index is 421. The lowest BCUT2D eigenvalue weighted by molar-refractivity contribution is 0.0867. The standard InChI is InChI=1S/C18H29NO2/c1-19-15-18(11-14-21-13-6-12-20-2)10-5-8-16-7-3-4-9-17(16)18/h3-4,7,9,19H,5-6,8,10-15H2,1-2H3. The van der Waals surface area contributed by atoms with Crippen molar-refractivity contribution >= 4 is 0 Å². The summed E-state index contributed by atoms with van der Waals surface area (Å²) in [4.78, 5) is 0. The summed E-state index contributed by atoms with van der Waals surface area (Å²) >= 11 is 0. The van der Waals surface area contributed by atoms with Gasteiger partial charge in [0, 0.05) is 38.9 Å². The van der Waals surface area contributed by atoms with Crippen molar-refractivity contribution in [1.29, 1.82) is 0 Å². The van der Waals surface area contributed by atoms with Gasteiger partial charge in [-0.25, -0.2) is 0 Å². The molecule has 1 aromatic carbocycles. The molecule has 118 valence electrons. The van der Waals surface area contributed by atoms with Gasteiger partial charge in [-0.2, -0.15) is 0 Å². The van der Waals surface area contributed by atoms with Crippen molar-refractivity contribution in [3.63, 3.8) is 0 Å². The minimum Gasteiger partial charge on any atom is -0.385 e. The Kier molecular flexibility index (Phi) is 6.68. The molecule has 2 rings (SSSR count). The van der Waals surface area contributed by atoms with Gasteiger partial charge in [0.25, 0.3) is 0 Å². The summed E-state index contributed by atoms with van der Waals surface area (Å²) in [5.41, 5.74) is 3.30. The van der Waals surface area contributed by atoms with Crippen LogP contribution in [0.4, 0.5) is 0 Å². The van der Waals surface area contributed by atoms with Crippen LogP contribution in [-0.2, 0) is 21.3 Å². The molecular formula is C18H29NO2. The molecule has 0 aromatic heterocycles. The quantitative estimate of drug-likeness (QED) is 0.710. The van der Waals surface area contributed by atoms with Crippen LogP contribution in [0.1, 0.15) is 36.8 Å². The Morgan fingerprint density at radius 3 is 2.86 bits per heavy atom. The van der Waals surface area contributed by atoms with Crippen LogP contribution >= 0.6 is 0 Å². The third kappa shape index (κ3) is 4.29. The Balaban J connectivity index is 1.97. The first-order valence-corrected chi connectivity index (χ1v) is 8.12. The van der Waals surface area contributed by atoms with Crippen molar-refractivity contribution < 1.29 is 9.47 Å². The van der Waals surface area contributed by atoms with Crippen LogP contribution < -0.4 is 5.32 Å². The number of rotatable bonds is 9. The maximum Gasteiger partial charge on any atom is 0.0487 e. The second-order valence-electron chi connectivity index (χ2n) is 6.03. The Hall–Kier alpha value is -0.900. The van der Waals surface area contributed by atoms with Crippen LogP contribution in [0.5, 0.6) is 0 Å². The predicted octanol–water partition coefficient (Wildman–Crippen LogP) is 2.92. The molecule has 1 aliphatic rings. The Morgan fingerprint density at radius 1 is 1.19 bits per heavy atom. The summed E-state index contributed by atoms with van der Waals surface area (Å²) in [6.07, 6.45) is 5.83. The number of hydrogen-bond donors (Lipinski definition) is 1. The maximum atomic E-state index is 5.82. The predicted molar refractivity (Wildman–Crippen MR) is 86.9 cm³/mol. The molecule has 0 bridgehead atoms. The van der Waals surface area contributed by atoms with E-state index in [0.717, 1.165) is 39.2 Å². The van der Waals surface area contributed by atoms with Crippen LogP contribution in [0.2, 0.25) is 0 Å². The molecule has 0 fully saturated rings. The van der Waals surface area contributed by atoms with E-state index in [0.29, 0.717) is 0 Å². The van der Waals surface area contributed by atoms with E-state index in [9.17, 15) is 0 Å². The zero-order valence-electron chi connectivity index (χ0n) is 13.5. The van der Waals surface area contributed by atoms with Gasteiger partial charge < -0.3 is 14.8 Å². The lowest BCUT2D eigenvalue weighted by Crippen LogP contribution is -2.40. The number of hydrogen-bond acceptors (Lipinski definition) is 3. The highest BCUT2D eigenvalue weighted by Crippen LogP contribution is 2.39. The monoisotopic (exact) mass is 291 g/mol. The number of likely N-dealkylation sites (N-methyl/N-ethyl adjacent to an activating group) is 1. The number of fused-ring (bicyclic) bond motifs is 1. The lowest BCUT2D eigenvalue weighted by Gasteiger charge is -2.39. The minimum absolute atomic E-state index is 0.241. The molecule has 1 aliphatic carbocycles. The first-order chi connectivity index (χ1) is 10.3. The minimum atomic E-state index is 0.241. The topological polar surface area (TPSA) is 30.5 Å². The smallest absolute Gasteiger partial charge is 0.0487 e.